The summed E-state index contributed by atoms with van der Waals surface area (Å²) in [6, 6.07) is 0. The Balaban J connectivity index is 2.63. The monoisotopic (exact) mass is 278 g/mol. The van der Waals surface area contributed by atoms with Gasteiger partial charge in [0.25, 0.3) is 0 Å². The second-order valence-corrected chi connectivity index (χ2v) is 4.13. The topological polar surface area (TPSA) is 41.1 Å². The number of alkyl halides is 6. The van der Waals surface area contributed by atoms with Crippen LogP contribution in [0.4, 0.5) is 26.3 Å². The Morgan fingerprint density at radius 2 is 1.83 bits per heavy atom. The maximum absolute atomic E-state index is 12.8. The minimum absolute atomic E-state index is 0.00615. The highest BCUT2D eigenvalue weighted by Crippen LogP contribution is 2.43. The normalized spacial score (nSPS) is 25.2. The standard InChI is InChI=1S/C9H12F6N2O/c10-8(11,12)2-4-17-6(18)7(9(13,14)15)1-3-16-5-7/h16H,1-5H2,(H,17,18). The lowest BCUT2D eigenvalue weighted by atomic mass is 9.85. The summed E-state index contributed by atoms with van der Waals surface area (Å²) in [5.74, 6) is -1.40. The van der Waals surface area contributed by atoms with Gasteiger partial charge in [-0.3, -0.25) is 4.79 Å². The first-order valence-electron chi connectivity index (χ1n) is 5.21. The van der Waals surface area contributed by atoms with Gasteiger partial charge in [-0.2, -0.15) is 26.3 Å². The van der Waals surface area contributed by atoms with E-state index in [9.17, 15) is 31.1 Å². The molecule has 2 N–H and O–H groups in total. The molecule has 0 aromatic carbocycles. The summed E-state index contributed by atoms with van der Waals surface area (Å²) in [5.41, 5.74) is -2.61. The summed E-state index contributed by atoms with van der Waals surface area (Å²) in [6.07, 6.45) is -11.1. The number of hydrogen-bond donors (Lipinski definition) is 2. The number of nitrogens with one attached hydrogen (secondary N) is 2. The molecule has 9 heteroatoms. The summed E-state index contributed by atoms with van der Waals surface area (Å²) in [4.78, 5) is 11.5. The van der Waals surface area contributed by atoms with Crippen LogP contribution in [0.3, 0.4) is 0 Å². The van der Waals surface area contributed by atoms with E-state index < -0.39 is 49.6 Å². The molecule has 1 unspecified atom stereocenters. The van der Waals surface area contributed by atoms with E-state index in [1.165, 1.54) is 0 Å². The number of amides is 1. The van der Waals surface area contributed by atoms with Gasteiger partial charge in [-0.1, -0.05) is 0 Å². The van der Waals surface area contributed by atoms with Crippen LogP contribution in [-0.4, -0.2) is 37.9 Å². The van der Waals surface area contributed by atoms with Crippen molar-refractivity contribution in [3.63, 3.8) is 0 Å². The van der Waals surface area contributed by atoms with E-state index >= 15 is 0 Å². The quantitative estimate of drug-likeness (QED) is 0.770. The van der Waals surface area contributed by atoms with Crippen molar-refractivity contribution in [3.05, 3.63) is 0 Å². The van der Waals surface area contributed by atoms with Gasteiger partial charge in [-0.05, 0) is 13.0 Å². The van der Waals surface area contributed by atoms with Gasteiger partial charge >= 0.3 is 12.4 Å². The van der Waals surface area contributed by atoms with Crippen molar-refractivity contribution >= 4 is 5.91 Å². The zero-order chi connectivity index (χ0) is 14.0. The largest absolute Gasteiger partial charge is 0.404 e. The number of rotatable bonds is 3. The van der Waals surface area contributed by atoms with Crippen molar-refractivity contribution in [2.24, 2.45) is 5.41 Å². The van der Waals surface area contributed by atoms with E-state index in [2.05, 4.69) is 5.32 Å². The molecule has 0 aromatic heterocycles. The lowest BCUT2D eigenvalue weighted by molar-refractivity contribution is -0.216. The molecule has 1 saturated heterocycles. The van der Waals surface area contributed by atoms with Crippen molar-refractivity contribution in [3.8, 4) is 0 Å². The highest BCUT2D eigenvalue weighted by atomic mass is 19.4. The number of carbonyl (C=O) groups is 1. The summed E-state index contributed by atoms with van der Waals surface area (Å²) >= 11 is 0. The third-order valence-electron chi connectivity index (χ3n) is 2.83. The molecule has 0 spiro atoms. The zero-order valence-corrected chi connectivity index (χ0v) is 9.21. The predicted molar refractivity (Wildman–Crippen MR) is 49.7 cm³/mol. The summed E-state index contributed by atoms with van der Waals surface area (Å²) in [5, 5.41) is 4.11. The third-order valence-corrected chi connectivity index (χ3v) is 2.83. The van der Waals surface area contributed by atoms with Gasteiger partial charge in [-0.25, -0.2) is 0 Å². The molecule has 0 radical (unpaired) electrons. The molecule has 0 aromatic rings. The van der Waals surface area contributed by atoms with Gasteiger partial charge in [0.15, 0.2) is 5.41 Å². The molecule has 1 aliphatic rings. The van der Waals surface area contributed by atoms with Crippen LogP contribution in [0.25, 0.3) is 0 Å². The van der Waals surface area contributed by atoms with Crippen LogP contribution in [-0.2, 0) is 4.79 Å². The van der Waals surface area contributed by atoms with E-state index in [4.69, 9.17) is 0 Å². The molecule has 1 rings (SSSR count). The van der Waals surface area contributed by atoms with E-state index in [0.29, 0.717) is 0 Å². The van der Waals surface area contributed by atoms with E-state index in [1.807, 2.05) is 0 Å². The molecule has 1 amide bonds. The second-order valence-electron chi connectivity index (χ2n) is 4.13. The van der Waals surface area contributed by atoms with E-state index in [-0.39, 0.29) is 6.54 Å². The molecule has 1 fully saturated rings. The van der Waals surface area contributed by atoms with Crippen LogP contribution in [0.5, 0.6) is 0 Å². The molecule has 0 bridgehead atoms. The van der Waals surface area contributed by atoms with Crippen molar-refractivity contribution in [2.45, 2.75) is 25.2 Å². The minimum atomic E-state index is -4.78. The van der Waals surface area contributed by atoms with Gasteiger partial charge in [0.1, 0.15) is 0 Å². The fraction of sp³-hybridized carbons (Fsp3) is 0.889. The molecule has 106 valence electrons. The SMILES string of the molecule is O=C(NCCC(F)(F)F)C1(C(F)(F)F)CCNC1. The Morgan fingerprint density at radius 1 is 1.22 bits per heavy atom. The van der Waals surface area contributed by atoms with Crippen molar-refractivity contribution in [1.82, 2.24) is 10.6 Å². The highest BCUT2D eigenvalue weighted by molar-refractivity contribution is 5.84. The first-order chi connectivity index (χ1) is 8.08. The average molecular weight is 278 g/mol. The molecule has 1 heterocycles. The molecule has 0 saturated carbocycles. The lowest BCUT2D eigenvalue weighted by Gasteiger charge is -2.29. The number of halogens is 6. The smallest absolute Gasteiger partial charge is 0.355 e. The highest BCUT2D eigenvalue weighted by Gasteiger charge is 2.61. The molecular formula is C9H12F6N2O. The number of hydrogen-bond acceptors (Lipinski definition) is 2. The Labute approximate surface area is 98.9 Å². The second kappa shape index (κ2) is 4.94. The Kier molecular flexibility index (Phi) is 4.14. The Bertz CT molecular complexity index is 305. The Morgan fingerprint density at radius 3 is 2.22 bits per heavy atom. The lowest BCUT2D eigenvalue weighted by Crippen LogP contribution is -2.52. The van der Waals surface area contributed by atoms with Crippen LogP contribution in [0.1, 0.15) is 12.8 Å². The van der Waals surface area contributed by atoms with E-state index in [1.54, 1.807) is 5.32 Å². The first kappa shape index (κ1) is 15.1. The van der Waals surface area contributed by atoms with Gasteiger partial charge in [0, 0.05) is 13.1 Å². The molecule has 1 atom stereocenters. The average Bonchev–Trinajstić information content (AvgIpc) is 2.63. The van der Waals surface area contributed by atoms with Crippen LogP contribution in [0, 0.1) is 5.41 Å². The summed E-state index contributed by atoms with van der Waals surface area (Å²) in [7, 11) is 0. The molecule has 18 heavy (non-hydrogen) atoms. The van der Waals surface area contributed by atoms with E-state index in [0.717, 1.165) is 0 Å². The fourth-order valence-corrected chi connectivity index (χ4v) is 1.74. The van der Waals surface area contributed by atoms with Gasteiger partial charge < -0.3 is 10.6 Å². The van der Waals surface area contributed by atoms with Crippen LogP contribution in [0.2, 0.25) is 0 Å². The summed E-state index contributed by atoms with van der Waals surface area (Å²) in [6.45, 7) is -1.44. The molecular weight excluding hydrogens is 266 g/mol. The molecule has 1 aliphatic heterocycles. The number of carbonyl (C=O) groups excluding carboxylic acids is 1. The fourth-order valence-electron chi connectivity index (χ4n) is 1.74. The first-order valence-corrected chi connectivity index (χ1v) is 5.21. The van der Waals surface area contributed by atoms with Gasteiger partial charge in [-0.15, -0.1) is 0 Å². The zero-order valence-electron chi connectivity index (χ0n) is 9.21. The summed E-state index contributed by atoms with van der Waals surface area (Å²) < 4.78 is 73.9. The minimum Gasteiger partial charge on any atom is -0.355 e. The molecule has 3 nitrogen and oxygen atoms in total. The van der Waals surface area contributed by atoms with Crippen molar-refractivity contribution < 1.29 is 31.1 Å². The maximum Gasteiger partial charge on any atom is 0.404 e. The maximum atomic E-state index is 12.8. The van der Waals surface area contributed by atoms with Crippen LogP contribution in [0.15, 0.2) is 0 Å². The molecule has 0 aliphatic carbocycles. The van der Waals surface area contributed by atoms with Crippen LogP contribution >= 0.6 is 0 Å². The van der Waals surface area contributed by atoms with Gasteiger partial charge in [0.05, 0.1) is 6.42 Å². The Hall–Kier alpha value is -0.990. The van der Waals surface area contributed by atoms with Gasteiger partial charge in [0.2, 0.25) is 5.91 Å². The predicted octanol–water partition coefficient (Wildman–Crippen LogP) is 1.60. The van der Waals surface area contributed by atoms with Crippen molar-refractivity contribution in [2.75, 3.05) is 19.6 Å². The van der Waals surface area contributed by atoms with Crippen molar-refractivity contribution in [1.29, 1.82) is 0 Å². The van der Waals surface area contributed by atoms with Crippen LogP contribution < -0.4 is 10.6 Å². The third kappa shape index (κ3) is 3.27.